The summed E-state index contributed by atoms with van der Waals surface area (Å²) in [5, 5.41) is 2.02. The van der Waals surface area contributed by atoms with Crippen LogP contribution in [-0.2, 0) is 17.8 Å². The van der Waals surface area contributed by atoms with Crippen LogP contribution in [0.4, 0.5) is 0 Å². The molecule has 5 rings (SSSR count). The molecular weight excluding hydrogens is 422 g/mol. The lowest BCUT2D eigenvalue weighted by atomic mass is 9.92. The highest BCUT2D eigenvalue weighted by Crippen LogP contribution is 2.47. The smallest absolute Gasteiger partial charge is 0.147 e. The first kappa shape index (κ1) is 21.5. The standard InChI is InChI=1S/C26H30ClN3O2/c1-29-19-6-10-24(29)26-22-12-18(27)5-9-23(22)30(25(26)13-19)15-17(11-20(31)14-28)16-3-7-21(32-2)8-4-16/h3-5,7-9,12,17,19,24H,6,10-11,13-15,28H2,1-2H3. The van der Waals surface area contributed by atoms with Gasteiger partial charge in [-0.2, -0.15) is 0 Å². The number of nitrogens with two attached hydrogens (primary N) is 1. The second-order valence-electron chi connectivity index (χ2n) is 9.17. The lowest BCUT2D eigenvalue weighted by Gasteiger charge is -2.33. The van der Waals surface area contributed by atoms with Crippen molar-refractivity contribution in [2.45, 2.75) is 50.2 Å². The molecule has 2 bridgehead atoms. The molecule has 0 saturated carbocycles. The van der Waals surface area contributed by atoms with Crippen LogP contribution in [0.2, 0.25) is 5.02 Å². The molecule has 2 N–H and O–H groups in total. The Hall–Kier alpha value is -2.34. The molecule has 3 unspecified atom stereocenters. The van der Waals surface area contributed by atoms with Gasteiger partial charge in [-0.05, 0) is 61.3 Å². The first-order chi connectivity index (χ1) is 15.5. The average Bonchev–Trinajstić information content (AvgIpc) is 3.21. The molecule has 0 spiro atoms. The van der Waals surface area contributed by atoms with Gasteiger partial charge in [0.25, 0.3) is 0 Å². The van der Waals surface area contributed by atoms with Gasteiger partial charge in [0.2, 0.25) is 0 Å². The molecule has 32 heavy (non-hydrogen) atoms. The van der Waals surface area contributed by atoms with Gasteiger partial charge in [0, 0.05) is 59.0 Å². The lowest BCUT2D eigenvalue weighted by Crippen LogP contribution is -2.35. The number of ether oxygens (including phenoxy) is 1. The summed E-state index contributed by atoms with van der Waals surface area (Å²) in [6.45, 7) is 0.816. The molecule has 0 radical (unpaired) electrons. The summed E-state index contributed by atoms with van der Waals surface area (Å²) in [6.07, 6.45) is 3.88. The SMILES string of the molecule is COc1ccc(C(CC(=O)CN)Cn2c3c(c4cc(Cl)ccc42)C2CCC(C3)N2C)cc1. The number of ketones is 1. The topological polar surface area (TPSA) is 60.5 Å². The Bertz CT molecular complexity index is 1150. The maximum absolute atomic E-state index is 12.4. The highest BCUT2D eigenvalue weighted by atomic mass is 35.5. The molecule has 3 aromatic rings. The molecule has 1 saturated heterocycles. The summed E-state index contributed by atoms with van der Waals surface area (Å²) in [6, 6.07) is 15.3. The molecule has 6 heteroatoms. The summed E-state index contributed by atoms with van der Waals surface area (Å²) in [7, 11) is 3.91. The summed E-state index contributed by atoms with van der Waals surface area (Å²) >= 11 is 6.43. The van der Waals surface area contributed by atoms with Crippen molar-refractivity contribution < 1.29 is 9.53 Å². The molecule has 2 aromatic carbocycles. The van der Waals surface area contributed by atoms with E-state index in [1.807, 2.05) is 18.2 Å². The number of aromatic nitrogens is 1. The quantitative estimate of drug-likeness (QED) is 0.565. The predicted molar refractivity (Wildman–Crippen MR) is 129 cm³/mol. The van der Waals surface area contributed by atoms with E-state index in [-0.39, 0.29) is 18.2 Å². The van der Waals surface area contributed by atoms with E-state index in [1.54, 1.807) is 7.11 Å². The summed E-state index contributed by atoms with van der Waals surface area (Å²) in [5.41, 5.74) is 10.9. The number of rotatable bonds is 7. The molecule has 0 amide bonds. The fourth-order valence-corrected chi connectivity index (χ4v) is 5.95. The van der Waals surface area contributed by atoms with E-state index in [9.17, 15) is 4.79 Å². The Morgan fingerprint density at radius 1 is 1.22 bits per heavy atom. The first-order valence-electron chi connectivity index (χ1n) is 11.4. The van der Waals surface area contributed by atoms with Crippen LogP contribution in [0.1, 0.15) is 48.0 Å². The van der Waals surface area contributed by atoms with Gasteiger partial charge in [0.15, 0.2) is 0 Å². The third kappa shape index (κ3) is 3.62. The van der Waals surface area contributed by atoms with Gasteiger partial charge in [-0.25, -0.2) is 0 Å². The number of hydrogen-bond donors (Lipinski definition) is 1. The highest BCUT2D eigenvalue weighted by Gasteiger charge is 2.41. The first-order valence-corrected chi connectivity index (χ1v) is 11.8. The van der Waals surface area contributed by atoms with Gasteiger partial charge in [0.1, 0.15) is 11.5 Å². The van der Waals surface area contributed by atoms with Crippen molar-refractivity contribution >= 4 is 28.3 Å². The molecule has 0 aliphatic carbocycles. The minimum atomic E-state index is 0.0460. The van der Waals surface area contributed by atoms with Gasteiger partial charge < -0.3 is 15.0 Å². The van der Waals surface area contributed by atoms with Crippen LogP contribution in [0.15, 0.2) is 42.5 Å². The molecule has 1 fully saturated rings. The maximum atomic E-state index is 12.4. The van der Waals surface area contributed by atoms with Gasteiger partial charge in [0.05, 0.1) is 13.7 Å². The second kappa shape index (κ2) is 8.54. The highest BCUT2D eigenvalue weighted by molar-refractivity contribution is 6.31. The van der Waals surface area contributed by atoms with Gasteiger partial charge in [-0.1, -0.05) is 23.7 Å². The van der Waals surface area contributed by atoms with E-state index in [2.05, 4.69) is 40.8 Å². The van der Waals surface area contributed by atoms with E-state index >= 15 is 0 Å². The normalized spacial score (nSPS) is 21.0. The van der Waals surface area contributed by atoms with Gasteiger partial charge >= 0.3 is 0 Å². The van der Waals surface area contributed by atoms with Gasteiger partial charge in [-0.15, -0.1) is 0 Å². The number of carbonyl (C=O) groups is 1. The van der Waals surface area contributed by atoms with Crippen molar-refractivity contribution in [2.75, 3.05) is 20.7 Å². The Morgan fingerprint density at radius 2 is 2.00 bits per heavy atom. The predicted octanol–water partition coefficient (Wildman–Crippen LogP) is 4.70. The fraction of sp³-hybridized carbons (Fsp3) is 0.423. The third-order valence-electron chi connectivity index (χ3n) is 7.47. The van der Waals surface area contributed by atoms with E-state index < -0.39 is 0 Å². The molecule has 1 aromatic heterocycles. The van der Waals surface area contributed by atoms with E-state index in [0.29, 0.717) is 18.5 Å². The molecule has 168 valence electrons. The number of benzene rings is 2. The number of methoxy groups -OCH3 is 1. The number of carbonyl (C=O) groups excluding carboxylic acids is 1. The molecular formula is C26H30ClN3O2. The summed E-state index contributed by atoms with van der Waals surface area (Å²) < 4.78 is 7.79. The van der Waals surface area contributed by atoms with Crippen molar-refractivity contribution in [1.29, 1.82) is 0 Å². The minimum Gasteiger partial charge on any atom is -0.497 e. The van der Waals surface area contributed by atoms with Crippen LogP contribution in [0.3, 0.4) is 0 Å². The monoisotopic (exact) mass is 451 g/mol. The Kier molecular flexibility index (Phi) is 5.74. The molecule has 3 atom stereocenters. The zero-order chi connectivity index (χ0) is 22.4. The van der Waals surface area contributed by atoms with Gasteiger partial charge in [-0.3, -0.25) is 9.69 Å². The van der Waals surface area contributed by atoms with Crippen molar-refractivity contribution in [3.8, 4) is 5.75 Å². The van der Waals surface area contributed by atoms with E-state index in [0.717, 1.165) is 29.3 Å². The largest absolute Gasteiger partial charge is 0.497 e. The minimum absolute atomic E-state index is 0.0460. The number of hydrogen-bond acceptors (Lipinski definition) is 4. The Morgan fingerprint density at radius 3 is 2.72 bits per heavy atom. The number of Topliss-reactive ketones (excluding diaryl/α,β-unsaturated/α-hetero) is 1. The van der Waals surface area contributed by atoms with Crippen LogP contribution >= 0.6 is 11.6 Å². The van der Waals surface area contributed by atoms with E-state index in [4.69, 9.17) is 22.1 Å². The molecule has 3 heterocycles. The second-order valence-corrected chi connectivity index (χ2v) is 9.60. The maximum Gasteiger partial charge on any atom is 0.147 e. The Balaban J connectivity index is 1.61. The van der Waals surface area contributed by atoms with Crippen LogP contribution in [-0.4, -0.2) is 42.0 Å². The number of nitrogens with zero attached hydrogens (tertiary/aromatic N) is 2. The Labute approximate surface area is 194 Å². The van der Waals surface area contributed by atoms with Crippen molar-refractivity contribution in [1.82, 2.24) is 9.47 Å². The molecule has 5 nitrogen and oxygen atoms in total. The van der Waals surface area contributed by atoms with Crippen LogP contribution in [0.5, 0.6) is 5.75 Å². The lowest BCUT2D eigenvalue weighted by molar-refractivity contribution is -0.118. The average molecular weight is 452 g/mol. The molecule has 2 aliphatic rings. The third-order valence-corrected chi connectivity index (χ3v) is 7.71. The van der Waals surface area contributed by atoms with E-state index in [1.165, 1.54) is 35.0 Å². The van der Waals surface area contributed by atoms with Crippen molar-refractivity contribution in [3.63, 3.8) is 0 Å². The molecule has 2 aliphatic heterocycles. The van der Waals surface area contributed by atoms with Crippen LogP contribution in [0.25, 0.3) is 10.9 Å². The van der Waals surface area contributed by atoms with Crippen LogP contribution in [0, 0.1) is 0 Å². The van der Waals surface area contributed by atoms with Crippen LogP contribution < -0.4 is 10.5 Å². The van der Waals surface area contributed by atoms with Crippen molar-refractivity contribution in [3.05, 3.63) is 64.3 Å². The summed E-state index contributed by atoms with van der Waals surface area (Å²) in [5.74, 6) is 0.944. The summed E-state index contributed by atoms with van der Waals surface area (Å²) in [4.78, 5) is 15.0. The number of halogens is 1. The number of fused-ring (bicyclic) bond motifs is 6. The zero-order valence-corrected chi connectivity index (χ0v) is 19.4. The fourth-order valence-electron chi connectivity index (χ4n) is 5.78. The number of likely N-dealkylation sites (N-methyl/N-ethyl adjacent to an activating group) is 1. The van der Waals surface area contributed by atoms with Crippen molar-refractivity contribution in [2.24, 2.45) is 5.73 Å². The zero-order valence-electron chi connectivity index (χ0n) is 18.7.